The Labute approximate surface area is 208 Å². The number of aryl methyl sites for hydroxylation is 1. The monoisotopic (exact) mass is 530 g/mol. The zero-order valence-electron chi connectivity index (χ0n) is 18.4. The maximum absolute atomic E-state index is 13.2. The molecule has 2 amide bonds. The average molecular weight is 531 g/mol. The Morgan fingerprint density at radius 1 is 0.971 bits per heavy atom. The van der Waals surface area contributed by atoms with Crippen LogP contribution in [-0.4, -0.2) is 26.5 Å². The summed E-state index contributed by atoms with van der Waals surface area (Å²) in [6, 6.07) is 12.5. The Morgan fingerprint density at radius 3 is 2.37 bits per heavy atom. The van der Waals surface area contributed by atoms with Crippen LogP contribution in [0.3, 0.4) is 0 Å². The summed E-state index contributed by atoms with van der Waals surface area (Å²) in [7, 11) is -2.30. The van der Waals surface area contributed by atoms with E-state index in [2.05, 4.69) is 15.6 Å². The van der Waals surface area contributed by atoms with Crippen LogP contribution in [0.1, 0.15) is 4.88 Å². The smallest absolute Gasteiger partial charge is 0.333 e. The highest BCUT2D eigenvalue weighted by atomic mass is 35.5. The van der Waals surface area contributed by atoms with Gasteiger partial charge >= 0.3 is 6.03 Å². The van der Waals surface area contributed by atoms with E-state index >= 15 is 0 Å². The van der Waals surface area contributed by atoms with Gasteiger partial charge in [-0.3, -0.25) is 9.59 Å². The number of nitrogens with one attached hydrogen (secondary N) is 4. The standard InChI is InChI=1S/C23H19ClN4O5S2/c1-12-3-8-21(34-12)35(32,33)28-23(31)26-14-5-6-15(18(24)9-14)17-11-20(29)27-19-10-13(25-2)4-7-16(19)22(17)30/h3-11,25H,1-2H3,(H,27,29)(H2,26,28,31). The van der Waals surface area contributed by atoms with Crippen molar-refractivity contribution in [3.05, 3.63) is 85.1 Å². The van der Waals surface area contributed by atoms with E-state index in [1.165, 1.54) is 24.3 Å². The van der Waals surface area contributed by atoms with Gasteiger partial charge in [-0.05, 0) is 49.4 Å². The van der Waals surface area contributed by atoms with E-state index in [0.29, 0.717) is 10.9 Å². The number of carbonyl (C=O) groups is 1. The molecule has 2 aromatic heterocycles. The van der Waals surface area contributed by atoms with Gasteiger partial charge in [0.15, 0.2) is 5.43 Å². The summed E-state index contributed by atoms with van der Waals surface area (Å²) in [5.74, 6) is 0. The van der Waals surface area contributed by atoms with Crippen molar-refractivity contribution in [2.24, 2.45) is 0 Å². The van der Waals surface area contributed by atoms with E-state index in [1.54, 1.807) is 38.2 Å². The topological polar surface area (TPSA) is 137 Å². The molecule has 0 fully saturated rings. The lowest BCUT2D eigenvalue weighted by molar-refractivity contribution is 0.256. The lowest BCUT2D eigenvalue weighted by atomic mass is 10.0. The van der Waals surface area contributed by atoms with Gasteiger partial charge < -0.3 is 15.6 Å². The van der Waals surface area contributed by atoms with Crippen molar-refractivity contribution in [3.63, 3.8) is 0 Å². The Hall–Kier alpha value is -3.67. The molecule has 0 unspecified atom stereocenters. The predicted molar refractivity (Wildman–Crippen MR) is 139 cm³/mol. The van der Waals surface area contributed by atoms with Crippen LogP contribution in [-0.2, 0) is 10.0 Å². The number of sulfonamides is 1. The Kier molecular flexibility index (Phi) is 6.66. The fourth-order valence-corrected chi connectivity index (χ4v) is 5.88. The van der Waals surface area contributed by atoms with Crippen LogP contribution in [0.4, 0.5) is 16.2 Å². The summed E-state index contributed by atoms with van der Waals surface area (Å²) >= 11 is 7.43. The lowest BCUT2D eigenvalue weighted by Crippen LogP contribution is -2.33. The zero-order chi connectivity index (χ0) is 25.3. The second kappa shape index (κ2) is 9.53. The van der Waals surface area contributed by atoms with E-state index in [1.807, 2.05) is 4.72 Å². The van der Waals surface area contributed by atoms with Gasteiger partial charge in [-0.25, -0.2) is 17.9 Å². The van der Waals surface area contributed by atoms with E-state index < -0.39 is 27.0 Å². The first kappa shape index (κ1) is 24.5. The molecule has 0 radical (unpaired) electrons. The number of thiophene rings is 1. The molecule has 9 nitrogen and oxygen atoms in total. The number of fused-ring (bicyclic) bond motifs is 1. The van der Waals surface area contributed by atoms with Gasteiger partial charge in [0.1, 0.15) is 4.21 Å². The van der Waals surface area contributed by atoms with Gasteiger partial charge in [0.25, 0.3) is 10.0 Å². The van der Waals surface area contributed by atoms with Crippen molar-refractivity contribution in [1.29, 1.82) is 0 Å². The Balaban J connectivity index is 1.65. The summed E-state index contributed by atoms with van der Waals surface area (Å²) in [6.45, 7) is 1.75. The fourth-order valence-electron chi connectivity index (χ4n) is 3.41. The third kappa shape index (κ3) is 5.21. The molecule has 0 bridgehead atoms. The molecule has 4 aromatic rings. The van der Waals surface area contributed by atoms with Crippen LogP contribution in [0.25, 0.3) is 22.0 Å². The highest BCUT2D eigenvalue weighted by molar-refractivity contribution is 7.92. The van der Waals surface area contributed by atoms with Crippen LogP contribution in [0.15, 0.2) is 68.4 Å². The van der Waals surface area contributed by atoms with Gasteiger partial charge in [-0.1, -0.05) is 17.7 Å². The van der Waals surface area contributed by atoms with Crippen molar-refractivity contribution in [2.75, 3.05) is 17.7 Å². The van der Waals surface area contributed by atoms with E-state index in [4.69, 9.17) is 11.6 Å². The first-order valence-electron chi connectivity index (χ1n) is 10.2. The third-order valence-electron chi connectivity index (χ3n) is 5.06. The molecule has 0 spiro atoms. The molecule has 2 aromatic carbocycles. The maximum Gasteiger partial charge on any atom is 0.333 e. The molecule has 2 heterocycles. The number of benzene rings is 2. The summed E-state index contributed by atoms with van der Waals surface area (Å²) < 4.78 is 26.6. The minimum absolute atomic E-state index is 0.0118. The fraction of sp³-hybridized carbons (Fsp3) is 0.0870. The number of H-pyrrole nitrogens is 1. The van der Waals surface area contributed by atoms with Gasteiger partial charge in [0.05, 0.1) is 10.5 Å². The summed E-state index contributed by atoms with van der Waals surface area (Å²) in [4.78, 5) is 41.4. The Bertz CT molecular complexity index is 1700. The molecule has 0 aliphatic rings. The number of urea groups is 1. The highest BCUT2D eigenvalue weighted by Gasteiger charge is 2.20. The molecule has 0 aliphatic carbocycles. The number of anilines is 2. The van der Waals surface area contributed by atoms with Crippen molar-refractivity contribution in [3.8, 4) is 11.1 Å². The lowest BCUT2D eigenvalue weighted by Gasteiger charge is -2.09. The van der Waals surface area contributed by atoms with Gasteiger partial charge in [0.2, 0.25) is 5.56 Å². The van der Waals surface area contributed by atoms with Crippen molar-refractivity contribution in [1.82, 2.24) is 9.71 Å². The van der Waals surface area contributed by atoms with E-state index in [0.717, 1.165) is 28.0 Å². The second-order valence-electron chi connectivity index (χ2n) is 7.51. The largest absolute Gasteiger partial charge is 0.388 e. The molecule has 4 rings (SSSR count). The SMILES string of the molecule is CNc1ccc2c(=O)c(-c3ccc(NC(=O)NS(=O)(=O)c4ccc(C)s4)cc3Cl)cc(=O)[nH]c2c1. The minimum atomic E-state index is -4.02. The summed E-state index contributed by atoms with van der Waals surface area (Å²) in [6.07, 6.45) is 0. The summed E-state index contributed by atoms with van der Waals surface area (Å²) in [5, 5.41) is 5.74. The van der Waals surface area contributed by atoms with Crippen molar-refractivity contribution >= 4 is 61.3 Å². The number of aromatic nitrogens is 1. The number of halogens is 1. The van der Waals surface area contributed by atoms with E-state index in [9.17, 15) is 22.8 Å². The zero-order valence-corrected chi connectivity index (χ0v) is 20.8. The van der Waals surface area contributed by atoms with Crippen molar-refractivity contribution < 1.29 is 13.2 Å². The highest BCUT2D eigenvalue weighted by Crippen LogP contribution is 2.29. The molecule has 4 N–H and O–H groups in total. The number of hydrogen-bond acceptors (Lipinski definition) is 7. The average Bonchev–Trinajstić information content (AvgIpc) is 3.19. The minimum Gasteiger partial charge on any atom is -0.388 e. The molecule has 0 saturated carbocycles. The number of aromatic amines is 1. The van der Waals surface area contributed by atoms with Crippen molar-refractivity contribution in [2.45, 2.75) is 11.1 Å². The molecule has 0 atom stereocenters. The van der Waals surface area contributed by atoms with Gasteiger partial charge in [-0.15, -0.1) is 11.3 Å². The molecular weight excluding hydrogens is 512 g/mol. The molecule has 0 aliphatic heterocycles. The first-order valence-corrected chi connectivity index (χ1v) is 12.8. The third-order valence-corrected chi connectivity index (χ3v) is 8.19. The number of carbonyl (C=O) groups excluding carboxylic acids is 1. The van der Waals surface area contributed by atoms with Gasteiger partial charge in [0, 0.05) is 45.9 Å². The second-order valence-corrected chi connectivity index (χ2v) is 11.1. The van der Waals surface area contributed by atoms with E-state index in [-0.39, 0.29) is 26.0 Å². The maximum atomic E-state index is 13.2. The number of hydrogen-bond donors (Lipinski definition) is 4. The molecule has 0 saturated heterocycles. The molecule has 180 valence electrons. The molecule has 35 heavy (non-hydrogen) atoms. The predicted octanol–water partition coefficient (Wildman–Crippen LogP) is 4.13. The normalized spacial score (nSPS) is 11.3. The molecule has 12 heteroatoms. The summed E-state index contributed by atoms with van der Waals surface area (Å²) in [5.41, 5.74) is 0.749. The first-order chi connectivity index (χ1) is 16.6. The van der Waals surface area contributed by atoms with Crippen LogP contribution in [0.2, 0.25) is 5.02 Å². The van der Waals surface area contributed by atoms with Crippen LogP contribution in [0, 0.1) is 6.92 Å². The Morgan fingerprint density at radius 2 is 1.71 bits per heavy atom. The number of amides is 2. The van der Waals surface area contributed by atoms with Crippen LogP contribution >= 0.6 is 22.9 Å². The quantitative estimate of drug-likeness (QED) is 0.306. The number of rotatable bonds is 5. The molecular formula is C23H19ClN4O5S2. The van der Waals surface area contributed by atoms with Crippen LogP contribution < -0.4 is 26.3 Å². The van der Waals surface area contributed by atoms with Gasteiger partial charge in [-0.2, -0.15) is 0 Å². The van der Waals surface area contributed by atoms with Crippen LogP contribution in [0.5, 0.6) is 0 Å².